The second kappa shape index (κ2) is 13.0. The highest BCUT2D eigenvalue weighted by Crippen LogP contribution is 2.24. The van der Waals surface area contributed by atoms with Gasteiger partial charge in [0.15, 0.2) is 11.8 Å². The molecule has 0 spiro atoms. The molecule has 2 atom stereocenters. The number of carbonyl (C=O) groups is 1. The van der Waals surface area contributed by atoms with Crippen LogP contribution in [0.25, 0.3) is 0 Å². The summed E-state index contributed by atoms with van der Waals surface area (Å²) in [4.78, 5) is 17.1. The normalized spacial score (nSPS) is 19.6. The first-order chi connectivity index (χ1) is 13.4. The third kappa shape index (κ3) is 8.47. The topological polar surface area (TPSA) is 96.2 Å². The van der Waals surface area contributed by atoms with Crippen molar-refractivity contribution in [2.45, 2.75) is 84.8 Å². The molecule has 1 aromatic heterocycles. The Kier molecular flexibility index (Phi) is 11.5. The number of carbonyl (C=O) groups excluding carboxylic acids is 1. The average molecular weight is 519 g/mol. The Morgan fingerprint density at radius 3 is 2.69 bits per heavy atom. The van der Waals surface area contributed by atoms with Gasteiger partial charge in [0.2, 0.25) is 5.91 Å². The van der Waals surface area contributed by atoms with Crippen molar-refractivity contribution >= 4 is 35.8 Å². The van der Waals surface area contributed by atoms with E-state index in [1.54, 1.807) is 0 Å². The van der Waals surface area contributed by atoms with Gasteiger partial charge in [-0.2, -0.15) is 0 Å². The average Bonchev–Trinajstić information content (AvgIpc) is 2.98. The Labute approximate surface area is 192 Å². The van der Waals surface area contributed by atoms with Crippen molar-refractivity contribution in [3.63, 3.8) is 0 Å². The Balaban J connectivity index is 0.00000420. The van der Waals surface area contributed by atoms with Crippen molar-refractivity contribution in [2.24, 2.45) is 18.0 Å². The van der Waals surface area contributed by atoms with Crippen LogP contribution in [-0.4, -0.2) is 45.3 Å². The fourth-order valence-corrected chi connectivity index (χ4v) is 3.43. The van der Waals surface area contributed by atoms with Gasteiger partial charge in [-0.1, -0.05) is 19.8 Å². The van der Waals surface area contributed by atoms with Crippen LogP contribution in [0.3, 0.4) is 0 Å². The summed E-state index contributed by atoms with van der Waals surface area (Å²) in [6.07, 6.45) is 6.14. The van der Waals surface area contributed by atoms with E-state index in [9.17, 15) is 4.79 Å². The van der Waals surface area contributed by atoms with E-state index >= 15 is 0 Å². The lowest BCUT2D eigenvalue weighted by Gasteiger charge is -2.30. The molecule has 0 radical (unpaired) electrons. The Hall–Kier alpha value is -1.39. The van der Waals surface area contributed by atoms with Gasteiger partial charge in [-0.05, 0) is 46.5 Å². The standard InChI is InChI=1S/C20H37N7O.HI/c1-6-7-11-21-20(22-13-18-26-25-15(4)27(18)5)24-17-10-8-9-16(12-17)19(28)23-14(2)3;/h14,16-17H,6-13H2,1-5H3,(H,23,28)(H2,21,22,24);1H. The molecule has 3 N–H and O–H groups in total. The van der Waals surface area contributed by atoms with Crippen LogP contribution in [0.1, 0.15) is 70.9 Å². The van der Waals surface area contributed by atoms with Crippen LogP contribution in [-0.2, 0) is 18.4 Å². The van der Waals surface area contributed by atoms with Gasteiger partial charge in [-0.3, -0.25) is 4.79 Å². The molecule has 9 heteroatoms. The van der Waals surface area contributed by atoms with Gasteiger partial charge < -0.3 is 20.5 Å². The fourth-order valence-electron chi connectivity index (χ4n) is 3.43. The first-order valence-electron chi connectivity index (χ1n) is 10.6. The molecule has 1 fully saturated rings. The Morgan fingerprint density at radius 1 is 1.31 bits per heavy atom. The van der Waals surface area contributed by atoms with Gasteiger partial charge in [0.1, 0.15) is 12.4 Å². The van der Waals surface area contributed by atoms with Crippen molar-refractivity contribution in [1.29, 1.82) is 0 Å². The molecule has 0 aliphatic heterocycles. The SMILES string of the molecule is CCCCNC(=NCc1nnc(C)n1C)NC1CCCC(C(=O)NC(C)C)C1.I. The second-order valence-corrected chi connectivity index (χ2v) is 8.04. The molecule has 1 aromatic rings. The summed E-state index contributed by atoms with van der Waals surface area (Å²) in [5.74, 6) is 2.77. The number of aryl methyl sites for hydroxylation is 1. The molecule has 1 saturated carbocycles. The van der Waals surface area contributed by atoms with Crippen molar-refractivity contribution in [3.8, 4) is 0 Å². The molecule has 29 heavy (non-hydrogen) atoms. The van der Waals surface area contributed by atoms with E-state index in [4.69, 9.17) is 4.99 Å². The molecule has 8 nitrogen and oxygen atoms in total. The maximum absolute atomic E-state index is 12.4. The number of hydrogen-bond donors (Lipinski definition) is 3. The minimum absolute atomic E-state index is 0. The Morgan fingerprint density at radius 2 is 2.07 bits per heavy atom. The van der Waals surface area contributed by atoms with Gasteiger partial charge >= 0.3 is 0 Å². The lowest BCUT2D eigenvalue weighted by atomic mass is 9.85. The zero-order valence-corrected chi connectivity index (χ0v) is 20.8. The summed E-state index contributed by atoms with van der Waals surface area (Å²) in [6, 6.07) is 0.439. The fraction of sp³-hybridized carbons (Fsp3) is 0.800. The molecule has 0 aromatic carbocycles. The van der Waals surface area contributed by atoms with Crippen LogP contribution in [0.15, 0.2) is 4.99 Å². The molecular weight excluding hydrogens is 481 g/mol. The van der Waals surface area contributed by atoms with Gasteiger partial charge in [0.25, 0.3) is 0 Å². The first kappa shape index (κ1) is 25.6. The summed E-state index contributed by atoms with van der Waals surface area (Å²) in [5.41, 5.74) is 0. The van der Waals surface area contributed by atoms with Crippen LogP contribution < -0.4 is 16.0 Å². The van der Waals surface area contributed by atoms with Crippen molar-refractivity contribution in [2.75, 3.05) is 6.54 Å². The van der Waals surface area contributed by atoms with E-state index in [1.807, 2.05) is 32.4 Å². The largest absolute Gasteiger partial charge is 0.356 e. The highest BCUT2D eigenvalue weighted by atomic mass is 127. The van der Waals surface area contributed by atoms with Crippen molar-refractivity contribution in [3.05, 3.63) is 11.6 Å². The van der Waals surface area contributed by atoms with Crippen LogP contribution >= 0.6 is 24.0 Å². The number of amides is 1. The zero-order valence-electron chi connectivity index (χ0n) is 18.5. The molecule has 166 valence electrons. The number of unbranched alkanes of at least 4 members (excludes halogenated alkanes) is 1. The van der Waals surface area contributed by atoms with Crippen LogP contribution in [0.5, 0.6) is 0 Å². The maximum atomic E-state index is 12.4. The van der Waals surface area contributed by atoms with Crippen molar-refractivity contribution < 1.29 is 4.79 Å². The third-order valence-corrected chi connectivity index (χ3v) is 5.20. The number of aromatic nitrogens is 3. The number of guanidine groups is 1. The van der Waals surface area contributed by atoms with E-state index in [1.165, 1.54) is 0 Å². The van der Waals surface area contributed by atoms with E-state index in [0.29, 0.717) is 6.54 Å². The number of halogens is 1. The van der Waals surface area contributed by atoms with Gasteiger partial charge in [-0.15, -0.1) is 34.2 Å². The molecule has 2 rings (SSSR count). The zero-order chi connectivity index (χ0) is 20.5. The molecule has 1 aliphatic rings. The summed E-state index contributed by atoms with van der Waals surface area (Å²) < 4.78 is 1.96. The summed E-state index contributed by atoms with van der Waals surface area (Å²) in [5, 5.41) is 18.3. The van der Waals surface area contributed by atoms with E-state index in [0.717, 1.165) is 62.7 Å². The predicted octanol–water partition coefficient (Wildman–Crippen LogP) is 2.66. The number of nitrogens with zero attached hydrogens (tertiary/aromatic N) is 4. The molecular formula is C20H38IN7O. The Bertz CT molecular complexity index is 659. The number of rotatable bonds is 8. The summed E-state index contributed by atoms with van der Waals surface area (Å²) in [6.45, 7) is 9.48. The second-order valence-electron chi connectivity index (χ2n) is 8.04. The molecule has 1 heterocycles. The summed E-state index contributed by atoms with van der Waals surface area (Å²) in [7, 11) is 1.96. The number of nitrogens with one attached hydrogen (secondary N) is 3. The van der Waals surface area contributed by atoms with Gasteiger partial charge in [0, 0.05) is 31.6 Å². The summed E-state index contributed by atoms with van der Waals surface area (Å²) >= 11 is 0. The first-order valence-corrected chi connectivity index (χ1v) is 10.6. The van der Waals surface area contributed by atoms with Crippen LogP contribution in [0.2, 0.25) is 0 Å². The van der Waals surface area contributed by atoms with Crippen LogP contribution in [0.4, 0.5) is 0 Å². The molecule has 1 amide bonds. The monoisotopic (exact) mass is 519 g/mol. The minimum Gasteiger partial charge on any atom is -0.356 e. The van der Waals surface area contributed by atoms with E-state index in [2.05, 4.69) is 33.1 Å². The number of aliphatic imine (C=N–C) groups is 1. The quantitative estimate of drug-likeness (QED) is 0.213. The number of hydrogen-bond acceptors (Lipinski definition) is 4. The lowest BCUT2D eigenvalue weighted by molar-refractivity contribution is -0.126. The maximum Gasteiger partial charge on any atom is 0.223 e. The molecule has 0 bridgehead atoms. The van der Waals surface area contributed by atoms with E-state index < -0.39 is 0 Å². The highest BCUT2D eigenvalue weighted by Gasteiger charge is 2.28. The van der Waals surface area contributed by atoms with E-state index in [-0.39, 0.29) is 47.9 Å². The van der Waals surface area contributed by atoms with Gasteiger partial charge in [-0.25, -0.2) is 4.99 Å². The molecule has 1 aliphatic carbocycles. The lowest BCUT2D eigenvalue weighted by Crippen LogP contribution is -2.47. The van der Waals surface area contributed by atoms with Crippen LogP contribution in [0, 0.1) is 12.8 Å². The van der Waals surface area contributed by atoms with Crippen molar-refractivity contribution in [1.82, 2.24) is 30.7 Å². The molecule has 0 saturated heterocycles. The van der Waals surface area contributed by atoms with Gasteiger partial charge in [0.05, 0.1) is 0 Å². The smallest absolute Gasteiger partial charge is 0.223 e. The molecule has 2 unspecified atom stereocenters. The third-order valence-electron chi connectivity index (χ3n) is 5.20. The predicted molar refractivity (Wildman–Crippen MR) is 127 cm³/mol. The highest BCUT2D eigenvalue weighted by molar-refractivity contribution is 14.0. The minimum atomic E-state index is 0.